The Balaban J connectivity index is 1.55. The number of allylic oxidation sites excluding steroid dienone is 5. The van der Waals surface area contributed by atoms with E-state index in [0.717, 1.165) is 22.8 Å². The molecule has 0 aliphatic carbocycles. The lowest BCUT2D eigenvalue weighted by atomic mass is 9.68. The summed E-state index contributed by atoms with van der Waals surface area (Å²) in [5.41, 5.74) is 15.1. The average molecular weight is 796 g/mol. The zero-order chi connectivity index (χ0) is 41.3. The van der Waals surface area contributed by atoms with Gasteiger partial charge in [-0.3, -0.25) is 4.79 Å². The Morgan fingerprint density at radius 2 is 2.03 bits per heavy atom. The van der Waals surface area contributed by atoms with Crippen LogP contribution in [0.4, 0.5) is 0 Å². The number of aliphatic hydroxyl groups is 2. The lowest BCUT2D eigenvalue weighted by molar-refractivity contribution is -0.165. The zero-order valence-corrected chi connectivity index (χ0v) is 33.0. The molecule has 1 unspecified atom stereocenters. The van der Waals surface area contributed by atoms with E-state index in [1.54, 1.807) is 31.2 Å². The number of carbonyl (C=O) groups excluding carboxylic acids is 1. The molecule has 14 nitrogen and oxygen atoms in total. The van der Waals surface area contributed by atoms with Crippen molar-refractivity contribution in [1.29, 1.82) is 0 Å². The second-order valence-corrected chi connectivity index (χ2v) is 15.5. The average Bonchev–Trinajstić information content (AvgIpc) is 3.20. The molecule has 5 heterocycles. The van der Waals surface area contributed by atoms with Gasteiger partial charge in [0.2, 0.25) is 0 Å². The Kier molecular flexibility index (Phi) is 11.7. The molecule has 0 spiro atoms. The van der Waals surface area contributed by atoms with E-state index in [1.165, 1.54) is 6.07 Å². The highest BCUT2D eigenvalue weighted by atomic mass is 16.6. The van der Waals surface area contributed by atoms with E-state index in [0.29, 0.717) is 54.9 Å². The van der Waals surface area contributed by atoms with E-state index < -0.39 is 53.9 Å². The first-order chi connectivity index (χ1) is 27.9. The van der Waals surface area contributed by atoms with Crippen LogP contribution in [0, 0.1) is 5.92 Å². The number of fused-ring (bicyclic) bond motifs is 4. The van der Waals surface area contributed by atoms with Gasteiger partial charge in [0.15, 0.2) is 5.43 Å². The van der Waals surface area contributed by atoms with Crippen LogP contribution in [-0.2, 0) is 22.6 Å². The normalized spacial score (nSPS) is 24.8. The highest BCUT2D eigenvalue weighted by Crippen LogP contribution is 2.57. The number of dihydropyridines is 2. The number of carbonyl (C=O) groups is 1. The summed E-state index contributed by atoms with van der Waals surface area (Å²) in [6.07, 6.45) is 9.43. The van der Waals surface area contributed by atoms with Crippen LogP contribution in [0.1, 0.15) is 74.3 Å². The molecule has 2 aromatic carbocycles. The number of phenols is 2. The third-order valence-electron chi connectivity index (χ3n) is 12.1. The number of nitrogens with two attached hydrogens (primary N) is 2. The van der Waals surface area contributed by atoms with Gasteiger partial charge in [-0.2, -0.15) is 0 Å². The number of rotatable bonds is 11. The number of benzene rings is 2. The van der Waals surface area contributed by atoms with Crippen molar-refractivity contribution in [1.82, 2.24) is 16.0 Å². The Bertz CT molecular complexity index is 2310. The van der Waals surface area contributed by atoms with Crippen LogP contribution in [0.5, 0.6) is 17.2 Å². The highest BCUT2D eigenvalue weighted by Gasteiger charge is 2.53. The number of ether oxygens (including phenoxy) is 2. The molecule has 4 aliphatic heterocycles. The fourth-order valence-electron chi connectivity index (χ4n) is 8.92. The maximum absolute atomic E-state index is 14.0. The maximum atomic E-state index is 14.0. The van der Waals surface area contributed by atoms with Crippen molar-refractivity contribution in [3.05, 3.63) is 122 Å². The third-order valence-corrected chi connectivity index (χ3v) is 12.1. The number of nitrogens with one attached hydrogen (secondary N) is 3. The minimum Gasteiger partial charge on any atom is -0.508 e. The summed E-state index contributed by atoms with van der Waals surface area (Å²) in [6, 6.07) is 7.73. The van der Waals surface area contributed by atoms with Crippen molar-refractivity contribution in [3.63, 3.8) is 0 Å². The van der Waals surface area contributed by atoms with Gasteiger partial charge in [0.05, 0.1) is 18.6 Å². The standard InChI is InChI=1S/C44H53N5O9/c1-4-24(20-47-5-2)43(55)57-34-18-31-39(54)37-33(53)17-28(21-50)56-41(37)38-36(32(22-51)25-7-6-8-27(52)16-25)29-13-14-48-42(46)30(29)11-10-26(44(34,3)58-40(31)38)15-23-9-12-35(45)49-19-23/h4,6-9,12-13,16-17,19,26,32,34-36,47-52,54H,5,10-11,14-15,18,20-22,45-46H2,1-3H3/b24-4-/t26-,32+,34+,35?,36+,44-/m0/s1. The Hall–Kier alpha value is -5.54. The third kappa shape index (κ3) is 7.48. The van der Waals surface area contributed by atoms with Crippen molar-refractivity contribution in [2.75, 3.05) is 26.2 Å². The summed E-state index contributed by atoms with van der Waals surface area (Å²) >= 11 is 0. The molecule has 308 valence electrons. The summed E-state index contributed by atoms with van der Waals surface area (Å²) in [6.45, 7) is 5.86. The molecule has 0 amide bonds. The number of aromatic hydroxyl groups is 2. The molecule has 0 fully saturated rings. The van der Waals surface area contributed by atoms with Gasteiger partial charge in [-0.1, -0.05) is 37.3 Å². The highest BCUT2D eigenvalue weighted by molar-refractivity contribution is 5.92. The van der Waals surface area contributed by atoms with Crippen molar-refractivity contribution in [2.45, 2.75) is 82.8 Å². The van der Waals surface area contributed by atoms with E-state index in [1.807, 2.05) is 38.3 Å². The number of esters is 1. The van der Waals surface area contributed by atoms with Crippen molar-refractivity contribution in [3.8, 4) is 17.2 Å². The molecule has 1 aromatic heterocycles. The molecule has 2 bridgehead atoms. The van der Waals surface area contributed by atoms with Gasteiger partial charge >= 0.3 is 5.97 Å². The Morgan fingerprint density at radius 1 is 1.22 bits per heavy atom. The molecule has 6 atom stereocenters. The van der Waals surface area contributed by atoms with Crippen molar-refractivity contribution >= 4 is 16.9 Å². The van der Waals surface area contributed by atoms with Gasteiger partial charge in [-0.15, -0.1) is 0 Å². The Morgan fingerprint density at radius 3 is 2.72 bits per heavy atom. The molecule has 58 heavy (non-hydrogen) atoms. The molecule has 3 aromatic rings. The van der Waals surface area contributed by atoms with E-state index in [-0.39, 0.29) is 58.8 Å². The van der Waals surface area contributed by atoms with Crippen LogP contribution >= 0.6 is 0 Å². The molecule has 11 N–H and O–H groups in total. The molecule has 4 aliphatic rings. The second kappa shape index (κ2) is 16.7. The van der Waals surface area contributed by atoms with E-state index in [2.05, 4.69) is 16.0 Å². The molecule has 0 saturated carbocycles. The van der Waals surface area contributed by atoms with Crippen LogP contribution in [0.15, 0.2) is 98.2 Å². The van der Waals surface area contributed by atoms with Gasteiger partial charge in [0.25, 0.3) is 0 Å². The minimum atomic E-state index is -1.28. The van der Waals surface area contributed by atoms with Crippen LogP contribution < -0.4 is 37.6 Å². The van der Waals surface area contributed by atoms with Gasteiger partial charge in [0.1, 0.15) is 52.3 Å². The predicted octanol–water partition coefficient (Wildman–Crippen LogP) is 3.55. The molecule has 0 saturated heterocycles. The smallest absolute Gasteiger partial charge is 0.335 e. The SMILES string of the molecule is C/C=C(/CNCC)C(=O)O[C@@H]1Cc2c3c(c4oc(CO)cc(=O)c4c2O)[C@@H]([C@H](CO)c2cccc(O)c2)C2=CCNC(N)=C2CC[C@@H](CC2=CNC(N)C=C2)[C@]1(C)O3. The van der Waals surface area contributed by atoms with E-state index in [9.17, 15) is 30.0 Å². The number of likely N-dealkylation sites (N-methyl/N-ethyl adjacent to an activating group) is 1. The summed E-state index contributed by atoms with van der Waals surface area (Å²) in [7, 11) is 0. The summed E-state index contributed by atoms with van der Waals surface area (Å²) in [4.78, 5) is 28.1. The largest absolute Gasteiger partial charge is 0.508 e. The topological polar surface area (TPSA) is 235 Å². The number of aliphatic hydroxyl groups excluding tert-OH is 2. The van der Waals surface area contributed by atoms with Crippen LogP contribution in [-0.4, -0.2) is 70.5 Å². The summed E-state index contributed by atoms with van der Waals surface area (Å²) in [5.74, 6) is -2.31. The van der Waals surface area contributed by atoms with Gasteiger partial charge in [-0.05, 0) is 80.1 Å². The fraction of sp³-hybridized carbons (Fsp3) is 0.409. The van der Waals surface area contributed by atoms with Crippen LogP contribution in [0.3, 0.4) is 0 Å². The van der Waals surface area contributed by atoms with Crippen molar-refractivity contribution < 1.29 is 39.1 Å². The second-order valence-electron chi connectivity index (χ2n) is 15.5. The van der Waals surface area contributed by atoms with Gasteiger partial charge < -0.3 is 61.7 Å². The minimum absolute atomic E-state index is 0.00968. The molecule has 0 radical (unpaired) electrons. The zero-order valence-electron chi connectivity index (χ0n) is 33.0. The summed E-state index contributed by atoms with van der Waals surface area (Å²) in [5, 5.41) is 54.1. The quantitative estimate of drug-likeness (QED) is 0.0998. The first-order valence-electron chi connectivity index (χ1n) is 19.8. The van der Waals surface area contributed by atoms with E-state index >= 15 is 0 Å². The first-order valence-corrected chi connectivity index (χ1v) is 19.8. The van der Waals surface area contributed by atoms with E-state index in [4.69, 9.17) is 25.4 Å². The van der Waals surface area contributed by atoms with Gasteiger partial charge in [-0.25, -0.2) is 4.79 Å². The molecular weight excluding hydrogens is 743 g/mol. The summed E-state index contributed by atoms with van der Waals surface area (Å²) < 4.78 is 20.2. The van der Waals surface area contributed by atoms with Crippen LogP contribution in [0.2, 0.25) is 0 Å². The molecular formula is C44H53N5O9. The van der Waals surface area contributed by atoms with Crippen molar-refractivity contribution in [2.24, 2.45) is 17.4 Å². The maximum Gasteiger partial charge on any atom is 0.335 e. The monoisotopic (exact) mass is 795 g/mol. The lowest BCUT2D eigenvalue weighted by Crippen LogP contribution is -2.57. The predicted molar refractivity (Wildman–Crippen MR) is 219 cm³/mol. The van der Waals surface area contributed by atoms with Crippen LogP contribution in [0.25, 0.3) is 11.0 Å². The number of hydrogen-bond acceptors (Lipinski definition) is 14. The first kappa shape index (κ1) is 40.6. The molecule has 7 rings (SSSR count). The number of phenolic OH excluding ortho intramolecular Hbond substituents is 2. The Labute approximate surface area is 336 Å². The number of hydrogen-bond donors (Lipinski definition) is 9. The molecule has 14 heteroatoms. The lowest BCUT2D eigenvalue weighted by Gasteiger charge is -2.49. The van der Waals surface area contributed by atoms with Gasteiger partial charge in [0, 0.05) is 66.2 Å². The fourth-order valence-corrected chi connectivity index (χ4v) is 8.92.